The van der Waals surface area contributed by atoms with Crippen molar-refractivity contribution in [2.24, 2.45) is 5.10 Å². The Hall–Kier alpha value is -3.41. The summed E-state index contributed by atoms with van der Waals surface area (Å²) >= 11 is 0. The summed E-state index contributed by atoms with van der Waals surface area (Å²) < 4.78 is 0. The van der Waals surface area contributed by atoms with Gasteiger partial charge >= 0.3 is 0 Å². The third kappa shape index (κ3) is 4.54. The summed E-state index contributed by atoms with van der Waals surface area (Å²) in [6.07, 6.45) is 2.31. The summed E-state index contributed by atoms with van der Waals surface area (Å²) in [6, 6.07) is 19.8. The van der Waals surface area contributed by atoms with Crippen LogP contribution in [0.5, 0.6) is 0 Å². The van der Waals surface area contributed by atoms with Crippen molar-refractivity contribution in [3.05, 3.63) is 89.7 Å². The first-order chi connectivity index (χ1) is 14.1. The normalized spacial score (nSPS) is 15.3. The first kappa shape index (κ1) is 20.3. The van der Waals surface area contributed by atoms with Gasteiger partial charge in [-0.2, -0.15) is 5.10 Å². The number of nitrogens with two attached hydrogens (primary N) is 1. The molecule has 1 atom stereocenters. The van der Waals surface area contributed by atoms with Crippen molar-refractivity contribution in [2.75, 3.05) is 5.73 Å². The molecule has 29 heavy (non-hydrogen) atoms. The van der Waals surface area contributed by atoms with Gasteiger partial charge in [0.25, 0.3) is 5.91 Å². The van der Waals surface area contributed by atoms with Gasteiger partial charge in [-0.3, -0.25) is 9.78 Å². The smallest absolute Gasteiger partial charge is 0.274 e. The molecule has 2 aromatic carbocycles. The molecule has 0 bridgehead atoms. The van der Waals surface area contributed by atoms with Gasteiger partial charge in [0.1, 0.15) is 13.9 Å². The number of hydrazone groups is 1. The van der Waals surface area contributed by atoms with Crippen LogP contribution in [0.2, 0.25) is 0 Å². The number of nitrogens with zero attached hydrogens (tertiary/aromatic N) is 3. The zero-order valence-corrected chi connectivity index (χ0v) is 16.6. The van der Waals surface area contributed by atoms with E-state index in [-0.39, 0.29) is 11.9 Å². The standard InChI is InChI=1S/C21H17BN4O.C2H6/c22-16-8-4-15(5-9-16)21(27)26-20(18-3-1-2-12-24-18)13-19(25-26)14-6-10-17(23)11-7-14;1-2/h1-12,20H,13,23H2;1-2H3. The second-order valence-corrected chi connectivity index (χ2v) is 6.41. The minimum atomic E-state index is -0.260. The molecule has 0 saturated heterocycles. The molecule has 6 heteroatoms. The van der Waals surface area contributed by atoms with E-state index >= 15 is 0 Å². The lowest BCUT2D eigenvalue weighted by atomic mass is 9.95. The van der Waals surface area contributed by atoms with E-state index in [9.17, 15) is 4.79 Å². The molecule has 4 rings (SSSR count). The van der Waals surface area contributed by atoms with E-state index in [2.05, 4.69) is 10.1 Å². The molecule has 1 unspecified atom stereocenters. The van der Waals surface area contributed by atoms with Gasteiger partial charge in [0.15, 0.2) is 0 Å². The van der Waals surface area contributed by atoms with E-state index in [0.29, 0.717) is 23.1 Å². The van der Waals surface area contributed by atoms with Crippen LogP contribution in [0, 0.1) is 0 Å². The molecule has 1 aliphatic rings. The number of aromatic nitrogens is 1. The Morgan fingerprint density at radius 1 is 1.03 bits per heavy atom. The van der Waals surface area contributed by atoms with Gasteiger partial charge in [-0.05, 0) is 42.0 Å². The summed E-state index contributed by atoms with van der Waals surface area (Å²) in [4.78, 5) is 17.5. The minimum absolute atomic E-state index is 0.184. The Kier molecular flexibility index (Phi) is 6.44. The molecule has 2 radical (unpaired) electrons. The van der Waals surface area contributed by atoms with Crippen molar-refractivity contribution in [3.63, 3.8) is 0 Å². The van der Waals surface area contributed by atoms with Crippen LogP contribution in [0.3, 0.4) is 0 Å². The fourth-order valence-corrected chi connectivity index (χ4v) is 3.11. The fourth-order valence-electron chi connectivity index (χ4n) is 3.11. The largest absolute Gasteiger partial charge is 0.399 e. The zero-order valence-electron chi connectivity index (χ0n) is 16.6. The average Bonchev–Trinajstić information content (AvgIpc) is 3.22. The van der Waals surface area contributed by atoms with E-state index in [0.717, 1.165) is 17.0 Å². The minimum Gasteiger partial charge on any atom is -0.399 e. The Morgan fingerprint density at radius 2 is 1.72 bits per heavy atom. The Morgan fingerprint density at radius 3 is 2.34 bits per heavy atom. The second kappa shape index (κ2) is 9.19. The molecule has 3 aromatic rings. The SMILES string of the molecule is CC.[B]c1ccc(C(=O)N2N=C(c3ccc(N)cc3)CC2c2ccccn2)cc1. The first-order valence-electron chi connectivity index (χ1n) is 9.65. The molecule has 5 nitrogen and oxygen atoms in total. The lowest BCUT2D eigenvalue weighted by Gasteiger charge is -2.21. The maximum Gasteiger partial charge on any atom is 0.274 e. The number of carbonyl (C=O) groups is 1. The van der Waals surface area contributed by atoms with Gasteiger partial charge in [-0.25, -0.2) is 5.01 Å². The summed E-state index contributed by atoms with van der Waals surface area (Å²) in [5.41, 5.74) is 10.2. The van der Waals surface area contributed by atoms with E-state index < -0.39 is 0 Å². The van der Waals surface area contributed by atoms with Crippen LogP contribution >= 0.6 is 0 Å². The quantitative estimate of drug-likeness (QED) is 0.557. The van der Waals surface area contributed by atoms with E-state index in [1.54, 1.807) is 30.5 Å². The van der Waals surface area contributed by atoms with Crippen LogP contribution in [0.1, 0.15) is 47.9 Å². The number of hydrogen-bond acceptors (Lipinski definition) is 4. The van der Waals surface area contributed by atoms with Crippen LogP contribution in [-0.4, -0.2) is 29.5 Å². The fraction of sp³-hybridized carbons (Fsp3) is 0.174. The molecular weight excluding hydrogens is 359 g/mol. The number of hydrogen-bond donors (Lipinski definition) is 1. The summed E-state index contributed by atoms with van der Waals surface area (Å²) in [6.45, 7) is 4.00. The number of carbonyl (C=O) groups excluding carboxylic acids is 1. The molecule has 1 aromatic heterocycles. The molecule has 0 aliphatic carbocycles. The van der Waals surface area contributed by atoms with E-state index in [4.69, 9.17) is 13.6 Å². The maximum atomic E-state index is 13.1. The molecule has 0 saturated carbocycles. The highest BCUT2D eigenvalue weighted by Crippen LogP contribution is 2.33. The van der Waals surface area contributed by atoms with Gasteiger partial charge < -0.3 is 5.73 Å². The zero-order chi connectivity index (χ0) is 20.8. The predicted octanol–water partition coefficient (Wildman–Crippen LogP) is 3.48. The molecule has 1 aliphatic heterocycles. The number of anilines is 1. The van der Waals surface area contributed by atoms with Crippen LogP contribution < -0.4 is 11.2 Å². The molecule has 144 valence electrons. The molecular formula is C23H23BN4O. The Balaban J connectivity index is 0.00000117. The maximum absolute atomic E-state index is 13.1. The van der Waals surface area contributed by atoms with Crippen molar-refractivity contribution in [2.45, 2.75) is 26.3 Å². The van der Waals surface area contributed by atoms with Gasteiger partial charge in [-0.15, -0.1) is 0 Å². The number of rotatable bonds is 3. The third-order valence-electron chi connectivity index (χ3n) is 4.55. The van der Waals surface area contributed by atoms with Crippen LogP contribution in [0.25, 0.3) is 0 Å². The highest BCUT2D eigenvalue weighted by atomic mass is 16.2. The van der Waals surface area contributed by atoms with Gasteiger partial charge in [-0.1, -0.05) is 49.6 Å². The molecule has 2 N–H and O–H groups in total. The lowest BCUT2D eigenvalue weighted by molar-refractivity contribution is 0.0708. The van der Waals surface area contributed by atoms with Crippen molar-refractivity contribution in [3.8, 4) is 0 Å². The number of benzene rings is 2. The monoisotopic (exact) mass is 382 g/mol. The predicted molar refractivity (Wildman–Crippen MR) is 118 cm³/mol. The van der Waals surface area contributed by atoms with Crippen LogP contribution in [0.4, 0.5) is 5.69 Å². The van der Waals surface area contributed by atoms with Gasteiger partial charge in [0.2, 0.25) is 0 Å². The Bertz CT molecular complexity index is 986. The van der Waals surface area contributed by atoms with Crippen LogP contribution in [-0.2, 0) is 0 Å². The molecule has 0 fully saturated rings. The van der Waals surface area contributed by atoms with E-state index in [1.165, 1.54) is 5.01 Å². The van der Waals surface area contributed by atoms with Gasteiger partial charge in [0.05, 0.1) is 11.4 Å². The highest BCUT2D eigenvalue weighted by molar-refractivity contribution is 6.32. The van der Waals surface area contributed by atoms with Crippen molar-refractivity contribution in [1.82, 2.24) is 9.99 Å². The average molecular weight is 382 g/mol. The summed E-state index contributed by atoms with van der Waals surface area (Å²) in [5, 5.41) is 6.15. The van der Waals surface area contributed by atoms with E-state index in [1.807, 2.05) is 56.3 Å². The topological polar surface area (TPSA) is 71.6 Å². The highest BCUT2D eigenvalue weighted by Gasteiger charge is 2.34. The third-order valence-corrected chi connectivity index (χ3v) is 4.55. The first-order valence-corrected chi connectivity index (χ1v) is 9.65. The number of amides is 1. The van der Waals surface area contributed by atoms with Crippen molar-refractivity contribution in [1.29, 1.82) is 0 Å². The van der Waals surface area contributed by atoms with Crippen molar-refractivity contribution < 1.29 is 4.79 Å². The molecule has 2 heterocycles. The molecule has 0 spiro atoms. The van der Waals surface area contributed by atoms with Crippen molar-refractivity contribution >= 4 is 30.6 Å². The summed E-state index contributed by atoms with van der Waals surface area (Å²) in [5.74, 6) is -0.184. The van der Waals surface area contributed by atoms with Crippen LogP contribution in [0.15, 0.2) is 78.0 Å². The van der Waals surface area contributed by atoms with Gasteiger partial charge in [0, 0.05) is 23.9 Å². The summed E-state index contributed by atoms with van der Waals surface area (Å²) in [7, 11) is 5.74. The lowest BCUT2D eigenvalue weighted by Crippen LogP contribution is -2.27. The second-order valence-electron chi connectivity index (χ2n) is 6.41. The number of nitrogen functional groups attached to an aromatic ring is 1. The number of pyridine rings is 1. The molecule has 1 amide bonds. The Labute approximate surface area is 172 Å².